The lowest BCUT2D eigenvalue weighted by Gasteiger charge is -2.25. The van der Waals surface area contributed by atoms with Crippen LogP contribution < -0.4 is 33.2 Å². The molecule has 0 radical (unpaired) electrons. The summed E-state index contributed by atoms with van der Waals surface area (Å²) in [5, 5.41) is 25.5. The van der Waals surface area contributed by atoms with E-state index in [1.54, 1.807) is 0 Å². The van der Waals surface area contributed by atoms with Gasteiger partial charge in [0, 0.05) is 31.2 Å². The Morgan fingerprint density at radius 2 is 1.50 bits per heavy atom. The van der Waals surface area contributed by atoms with E-state index in [1.165, 1.54) is 12.5 Å². The van der Waals surface area contributed by atoms with Gasteiger partial charge in [-0.25, -0.2) is 9.78 Å². The Morgan fingerprint density at radius 1 is 0.868 bits per heavy atom. The molecule has 1 aromatic rings. The van der Waals surface area contributed by atoms with E-state index in [0.29, 0.717) is 25.1 Å². The number of carbonyl (C=O) groups is 6. The predicted octanol–water partition coefficient (Wildman–Crippen LogP) is -2.92. The third kappa shape index (κ3) is 12.3. The van der Waals surface area contributed by atoms with Crippen LogP contribution in [-0.4, -0.2) is 86.5 Å². The van der Waals surface area contributed by atoms with E-state index in [1.807, 2.05) is 0 Å². The van der Waals surface area contributed by atoms with Crippen molar-refractivity contribution in [1.82, 2.24) is 25.9 Å². The third-order valence-corrected chi connectivity index (χ3v) is 5.49. The van der Waals surface area contributed by atoms with Crippen molar-refractivity contribution in [1.29, 1.82) is 0 Å². The molecular weight excluding hydrogens is 504 g/mol. The number of nitrogens with one attached hydrogen (secondary N) is 4. The molecule has 1 heterocycles. The second-order valence-corrected chi connectivity index (χ2v) is 8.63. The average molecular weight is 541 g/mol. The van der Waals surface area contributed by atoms with Crippen molar-refractivity contribution in [3.8, 4) is 0 Å². The number of carbonyl (C=O) groups excluding carboxylic acids is 4. The number of unbranched alkanes of at least 4 members (excludes halogenated alkanes) is 1. The summed E-state index contributed by atoms with van der Waals surface area (Å²) < 4.78 is 0. The van der Waals surface area contributed by atoms with Crippen molar-refractivity contribution in [2.45, 2.75) is 75.5 Å². The van der Waals surface area contributed by atoms with Gasteiger partial charge in [-0.15, -0.1) is 0 Å². The van der Waals surface area contributed by atoms with Crippen LogP contribution in [0.4, 0.5) is 0 Å². The first kappa shape index (κ1) is 32.0. The minimum absolute atomic E-state index is 0.0588. The summed E-state index contributed by atoms with van der Waals surface area (Å²) in [6, 6.07) is -5.04. The largest absolute Gasteiger partial charge is 0.481 e. The van der Waals surface area contributed by atoms with Crippen LogP contribution in [0.25, 0.3) is 0 Å². The first-order chi connectivity index (χ1) is 17.9. The van der Waals surface area contributed by atoms with E-state index in [0.717, 1.165) is 0 Å². The predicted molar refractivity (Wildman–Crippen MR) is 132 cm³/mol. The van der Waals surface area contributed by atoms with Gasteiger partial charge in [0.2, 0.25) is 23.6 Å². The van der Waals surface area contributed by atoms with Crippen molar-refractivity contribution >= 4 is 35.6 Å². The smallest absolute Gasteiger partial charge is 0.326 e. The van der Waals surface area contributed by atoms with Crippen LogP contribution in [0.2, 0.25) is 0 Å². The molecule has 0 saturated carbocycles. The molecule has 38 heavy (non-hydrogen) atoms. The van der Waals surface area contributed by atoms with Gasteiger partial charge in [-0.05, 0) is 38.6 Å². The number of amides is 4. The Hall–Kier alpha value is -4.05. The maximum Gasteiger partial charge on any atom is 0.326 e. The lowest BCUT2D eigenvalue weighted by atomic mass is 10.0. The molecule has 1 aromatic heterocycles. The molecule has 4 amide bonds. The highest BCUT2D eigenvalue weighted by Crippen LogP contribution is 2.07. The van der Waals surface area contributed by atoms with Crippen LogP contribution in [0.15, 0.2) is 12.5 Å². The first-order valence-electron chi connectivity index (χ1n) is 12.0. The summed E-state index contributed by atoms with van der Waals surface area (Å²) in [5.41, 5.74) is 16.8. The molecule has 0 aliphatic heterocycles. The lowest BCUT2D eigenvalue weighted by Crippen LogP contribution is -2.57. The van der Waals surface area contributed by atoms with E-state index in [9.17, 15) is 33.9 Å². The maximum absolute atomic E-state index is 13.2. The highest BCUT2D eigenvalue weighted by atomic mass is 16.4. The van der Waals surface area contributed by atoms with Crippen LogP contribution in [0.1, 0.15) is 50.6 Å². The molecule has 0 aliphatic rings. The number of hydrogen-bond acceptors (Lipinski definition) is 9. The van der Waals surface area contributed by atoms with E-state index < -0.39 is 59.7 Å². The molecule has 0 aliphatic carbocycles. The highest BCUT2D eigenvalue weighted by Gasteiger charge is 2.30. The summed E-state index contributed by atoms with van der Waals surface area (Å²) in [4.78, 5) is 78.7. The summed E-state index contributed by atoms with van der Waals surface area (Å²) in [5.74, 6) is -5.61. The molecule has 12 N–H and O–H groups in total. The van der Waals surface area contributed by atoms with Gasteiger partial charge in [-0.2, -0.15) is 0 Å². The molecule has 0 fully saturated rings. The molecular formula is C22H36N8O8. The minimum atomic E-state index is -1.42. The molecule has 1 rings (SSSR count). The molecule has 212 valence electrons. The number of hydrogen-bond donors (Lipinski definition) is 9. The van der Waals surface area contributed by atoms with Crippen LogP contribution in [0, 0.1) is 0 Å². The third-order valence-electron chi connectivity index (χ3n) is 5.49. The van der Waals surface area contributed by atoms with Gasteiger partial charge in [0.1, 0.15) is 18.1 Å². The number of aromatic nitrogens is 2. The fraction of sp³-hybridized carbons (Fsp3) is 0.591. The van der Waals surface area contributed by atoms with Gasteiger partial charge in [-0.3, -0.25) is 24.0 Å². The number of nitrogens with two attached hydrogens (primary N) is 3. The lowest BCUT2D eigenvalue weighted by molar-refractivity contribution is -0.142. The second kappa shape index (κ2) is 16.6. The van der Waals surface area contributed by atoms with Crippen LogP contribution in [-0.2, 0) is 35.2 Å². The Bertz CT molecular complexity index is 955. The zero-order valence-corrected chi connectivity index (χ0v) is 20.9. The Kier molecular flexibility index (Phi) is 14.0. The van der Waals surface area contributed by atoms with E-state index in [4.69, 9.17) is 22.3 Å². The monoisotopic (exact) mass is 540 g/mol. The number of imidazole rings is 1. The number of H-pyrrole nitrogens is 1. The van der Waals surface area contributed by atoms with Gasteiger partial charge in [-0.1, -0.05) is 0 Å². The number of carboxylic acids is 2. The normalized spacial score (nSPS) is 13.9. The number of primary amides is 1. The van der Waals surface area contributed by atoms with Gasteiger partial charge in [0.25, 0.3) is 0 Å². The minimum Gasteiger partial charge on any atom is -0.481 e. The van der Waals surface area contributed by atoms with Crippen molar-refractivity contribution in [2.75, 3.05) is 6.54 Å². The molecule has 0 spiro atoms. The molecule has 0 bridgehead atoms. The average Bonchev–Trinajstić information content (AvgIpc) is 3.36. The van der Waals surface area contributed by atoms with Gasteiger partial charge in [0.15, 0.2) is 0 Å². The standard InChI is InChI=1S/C22H36N8O8/c23-8-2-1-3-14(20(35)29-15(22(37)38)5-6-17(25)31)28-21(36)16(9-12-10-26-11-27-12)30-19(34)13(24)4-7-18(32)33/h10-11,13-16H,1-9,23-24H2,(H2,25,31)(H,26,27)(H,28,36)(H,29,35)(H,30,34)(H,32,33)(H,37,38). The topological polar surface area (TPSA) is 286 Å². The van der Waals surface area contributed by atoms with E-state index in [-0.39, 0.29) is 38.5 Å². The summed E-state index contributed by atoms with van der Waals surface area (Å²) >= 11 is 0. The van der Waals surface area contributed by atoms with Gasteiger partial charge < -0.3 is 48.3 Å². The Labute approximate surface area is 218 Å². The van der Waals surface area contributed by atoms with E-state index >= 15 is 0 Å². The number of aliphatic carboxylic acids is 2. The molecule has 4 atom stereocenters. The molecule has 4 unspecified atom stereocenters. The zero-order chi connectivity index (χ0) is 28.7. The Balaban J connectivity index is 3.04. The van der Waals surface area contributed by atoms with Crippen molar-refractivity contribution < 1.29 is 39.0 Å². The Morgan fingerprint density at radius 3 is 2.05 bits per heavy atom. The summed E-state index contributed by atoms with van der Waals surface area (Å²) in [7, 11) is 0. The van der Waals surface area contributed by atoms with Gasteiger partial charge >= 0.3 is 11.9 Å². The van der Waals surface area contributed by atoms with E-state index in [2.05, 4.69) is 25.9 Å². The highest BCUT2D eigenvalue weighted by molar-refractivity contribution is 5.94. The molecule has 0 saturated heterocycles. The molecule has 0 aromatic carbocycles. The first-order valence-corrected chi connectivity index (χ1v) is 12.0. The van der Waals surface area contributed by atoms with Crippen LogP contribution >= 0.6 is 0 Å². The number of nitrogens with zero attached hydrogens (tertiary/aromatic N) is 1. The van der Waals surface area contributed by atoms with Crippen molar-refractivity contribution in [3.05, 3.63) is 18.2 Å². The fourth-order valence-electron chi connectivity index (χ4n) is 3.36. The quantitative estimate of drug-likeness (QED) is 0.0801. The maximum atomic E-state index is 13.2. The van der Waals surface area contributed by atoms with Gasteiger partial charge in [0.05, 0.1) is 12.4 Å². The van der Waals surface area contributed by atoms with Crippen LogP contribution in [0.3, 0.4) is 0 Å². The van der Waals surface area contributed by atoms with Crippen molar-refractivity contribution in [3.63, 3.8) is 0 Å². The fourth-order valence-corrected chi connectivity index (χ4v) is 3.36. The molecule has 16 heteroatoms. The summed E-state index contributed by atoms with van der Waals surface area (Å²) in [6.45, 7) is 0.325. The number of rotatable bonds is 19. The molecule has 16 nitrogen and oxygen atoms in total. The number of aromatic amines is 1. The van der Waals surface area contributed by atoms with Crippen molar-refractivity contribution in [2.24, 2.45) is 17.2 Å². The summed E-state index contributed by atoms with van der Waals surface area (Å²) in [6.07, 6.45) is 2.76. The number of carboxylic acid groups (broad SMARTS) is 2. The van der Waals surface area contributed by atoms with Crippen LogP contribution in [0.5, 0.6) is 0 Å². The second-order valence-electron chi connectivity index (χ2n) is 8.63. The SMILES string of the molecule is NCCCCC(NC(=O)C(Cc1cnc[nH]1)NC(=O)C(N)CCC(=O)O)C(=O)NC(CCC(N)=O)C(=O)O. The zero-order valence-electron chi connectivity index (χ0n) is 20.9.